The van der Waals surface area contributed by atoms with E-state index in [0.29, 0.717) is 11.7 Å². The fourth-order valence-electron chi connectivity index (χ4n) is 3.21. The van der Waals surface area contributed by atoms with E-state index in [2.05, 4.69) is 15.6 Å². The Bertz CT molecular complexity index is 722. The Hall–Kier alpha value is -2.56. The third-order valence-electron chi connectivity index (χ3n) is 4.45. The summed E-state index contributed by atoms with van der Waals surface area (Å²) in [6.45, 7) is 3.96. The molecule has 0 radical (unpaired) electrons. The van der Waals surface area contributed by atoms with Crippen LogP contribution < -0.4 is 15.4 Å². The fourth-order valence-corrected chi connectivity index (χ4v) is 3.21. The van der Waals surface area contributed by atoms with Gasteiger partial charge in [-0.1, -0.05) is 19.3 Å². The standard InChI is InChI=1S/C21H27N3O2/c1-15(2)26-19-10-8-17(9-11-19)24-21(25)20-14-18(12-13-22-20)23-16-6-4-3-5-7-16/h8-16H,3-7H2,1-2H3,(H,22,23)(H,24,25). The molecule has 0 aliphatic heterocycles. The maximum absolute atomic E-state index is 12.5. The van der Waals surface area contributed by atoms with E-state index in [-0.39, 0.29) is 12.0 Å². The van der Waals surface area contributed by atoms with Gasteiger partial charge in [-0.2, -0.15) is 0 Å². The van der Waals surface area contributed by atoms with Crippen LogP contribution in [-0.2, 0) is 0 Å². The Labute approximate surface area is 155 Å². The Morgan fingerprint density at radius 2 is 1.81 bits per heavy atom. The predicted molar refractivity (Wildman–Crippen MR) is 105 cm³/mol. The summed E-state index contributed by atoms with van der Waals surface area (Å²) >= 11 is 0. The number of hydrogen-bond acceptors (Lipinski definition) is 4. The topological polar surface area (TPSA) is 63.2 Å². The van der Waals surface area contributed by atoms with Crippen LogP contribution in [-0.4, -0.2) is 23.0 Å². The molecule has 138 valence electrons. The van der Waals surface area contributed by atoms with Crippen molar-refractivity contribution in [3.63, 3.8) is 0 Å². The Morgan fingerprint density at radius 3 is 2.50 bits per heavy atom. The average molecular weight is 353 g/mol. The molecule has 1 aliphatic carbocycles. The largest absolute Gasteiger partial charge is 0.491 e. The van der Waals surface area contributed by atoms with Crippen molar-refractivity contribution in [2.45, 2.75) is 58.1 Å². The first-order valence-electron chi connectivity index (χ1n) is 9.41. The number of carbonyl (C=O) groups is 1. The van der Waals surface area contributed by atoms with E-state index in [1.165, 1.54) is 32.1 Å². The lowest BCUT2D eigenvalue weighted by molar-refractivity contribution is 0.102. The molecular weight excluding hydrogens is 326 g/mol. The number of amides is 1. The third-order valence-corrected chi connectivity index (χ3v) is 4.45. The van der Waals surface area contributed by atoms with Crippen molar-refractivity contribution >= 4 is 17.3 Å². The van der Waals surface area contributed by atoms with Crippen LogP contribution in [0.2, 0.25) is 0 Å². The predicted octanol–water partition coefficient (Wildman–Crippen LogP) is 4.87. The first-order chi connectivity index (χ1) is 12.6. The highest BCUT2D eigenvalue weighted by molar-refractivity contribution is 6.03. The van der Waals surface area contributed by atoms with Gasteiger partial charge in [0.15, 0.2) is 0 Å². The van der Waals surface area contributed by atoms with Gasteiger partial charge < -0.3 is 15.4 Å². The highest BCUT2D eigenvalue weighted by atomic mass is 16.5. The summed E-state index contributed by atoms with van der Waals surface area (Å²) in [6, 6.07) is 11.6. The minimum absolute atomic E-state index is 0.124. The second kappa shape index (κ2) is 8.70. The zero-order valence-electron chi connectivity index (χ0n) is 15.5. The lowest BCUT2D eigenvalue weighted by atomic mass is 9.95. The van der Waals surface area contributed by atoms with Gasteiger partial charge in [-0.05, 0) is 63.1 Å². The van der Waals surface area contributed by atoms with Crippen LogP contribution in [0.3, 0.4) is 0 Å². The Kier molecular flexibility index (Phi) is 6.10. The molecule has 1 aromatic carbocycles. The molecule has 0 atom stereocenters. The number of ether oxygens (including phenoxy) is 1. The van der Waals surface area contributed by atoms with E-state index in [9.17, 15) is 4.79 Å². The first-order valence-corrected chi connectivity index (χ1v) is 9.41. The Morgan fingerprint density at radius 1 is 1.08 bits per heavy atom. The van der Waals surface area contributed by atoms with Crippen LogP contribution in [0.4, 0.5) is 11.4 Å². The van der Waals surface area contributed by atoms with E-state index >= 15 is 0 Å². The second-order valence-corrected chi connectivity index (χ2v) is 7.05. The molecular formula is C21H27N3O2. The SMILES string of the molecule is CC(C)Oc1ccc(NC(=O)c2cc(NC3CCCCC3)ccn2)cc1. The maximum atomic E-state index is 12.5. The van der Waals surface area contributed by atoms with Crippen molar-refractivity contribution in [1.82, 2.24) is 4.98 Å². The fraction of sp³-hybridized carbons (Fsp3) is 0.429. The molecule has 1 saturated carbocycles. The minimum Gasteiger partial charge on any atom is -0.491 e. The number of nitrogens with zero attached hydrogens (tertiary/aromatic N) is 1. The number of carbonyl (C=O) groups excluding carboxylic acids is 1. The van der Waals surface area contributed by atoms with Crippen molar-refractivity contribution in [2.24, 2.45) is 0 Å². The molecule has 3 rings (SSSR count). The van der Waals surface area contributed by atoms with E-state index in [4.69, 9.17) is 4.74 Å². The van der Waals surface area contributed by atoms with Gasteiger partial charge >= 0.3 is 0 Å². The molecule has 0 spiro atoms. The van der Waals surface area contributed by atoms with Crippen molar-refractivity contribution in [3.05, 3.63) is 48.3 Å². The van der Waals surface area contributed by atoms with E-state index < -0.39 is 0 Å². The monoisotopic (exact) mass is 353 g/mol. The zero-order chi connectivity index (χ0) is 18.4. The maximum Gasteiger partial charge on any atom is 0.274 e. The average Bonchev–Trinajstić information content (AvgIpc) is 2.64. The van der Waals surface area contributed by atoms with Crippen LogP contribution in [0, 0.1) is 0 Å². The van der Waals surface area contributed by atoms with E-state index in [0.717, 1.165) is 17.1 Å². The quantitative estimate of drug-likeness (QED) is 0.778. The number of anilines is 2. The molecule has 1 amide bonds. The molecule has 1 heterocycles. The molecule has 1 aliphatic rings. The number of nitrogens with one attached hydrogen (secondary N) is 2. The molecule has 1 aromatic heterocycles. The lowest BCUT2D eigenvalue weighted by Gasteiger charge is -2.23. The van der Waals surface area contributed by atoms with Crippen LogP contribution >= 0.6 is 0 Å². The van der Waals surface area contributed by atoms with Gasteiger partial charge in [-0.25, -0.2) is 0 Å². The first kappa shape index (κ1) is 18.2. The number of hydrogen-bond donors (Lipinski definition) is 2. The Balaban J connectivity index is 1.61. The van der Waals surface area contributed by atoms with Gasteiger partial charge in [0.25, 0.3) is 5.91 Å². The molecule has 1 fully saturated rings. The summed E-state index contributed by atoms with van der Waals surface area (Å²) in [6.07, 6.45) is 8.05. The van der Waals surface area contributed by atoms with Gasteiger partial charge in [-0.15, -0.1) is 0 Å². The van der Waals surface area contributed by atoms with Crippen molar-refractivity contribution in [1.29, 1.82) is 0 Å². The van der Waals surface area contributed by atoms with Crippen LogP contribution in [0.1, 0.15) is 56.4 Å². The molecule has 5 nitrogen and oxygen atoms in total. The van der Waals surface area contributed by atoms with Gasteiger partial charge in [0.05, 0.1) is 6.10 Å². The zero-order valence-corrected chi connectivity index (χ0v) is 15.5. The number of aromatic nitrogens is 1. The summed E-state index contributed by atoms with van der Waals surface area (Å²) in [5.41, 5.74) is 2.09. The van der Waals surface area contributed by atoms with Crippen molar-refractivity contribution in [3.8, 4) is 5.75 Å². The summed E-state index contributed by atoms with van der Waals surface area (Å²) < 4.78 is 5.61. The molecule has 2 N–H and O–H groups in total. The summed E-state index contributed by atoms with van der Waals surface area (Å²) in [7, 11) is 0. The van der Waals surface area contributed by atoms with Crippen LogP contribution in [0.15, 0.2) is 42.6 Å². The van der Waals surface area contributed by atoms with Gasteiger partial charge in [0, 0.05) is 23.6 Å². The third kappa shape index (κ3) is 5.22. The molecule has 2 aromatic rings. The molecule has 5 heteroatoms. The van der Waals surface area contributed by atoms with Crippen molar-refractivity contribution < 1.29 is 9.53 Å². The van der Waals surface area contributed by atoms with Crippen molar-refractivity contribution in [2.75, 3.05) is 10.6 Å². The molecule has 0 bridgehead atoms. The van der Waals surface area contributed by atoms with Gasteiger partial charge in [0.1, 0.15) is 11.4 Å². The van der Waals surface area contributed by atoms with Gasteiger partial charge in [-0.3, -0.25) is 9.78 Å². The normalized spacial score (nSPS) is 14.9. The molecule has 0 saturated heterocycles. The summed E-state index contributed by atoms with van der Waals surface area (Å²) in [5, 5.41) is 6.41. The lowest BCUT2D eigenvalue weighted by Crippen LogP contribution is -2.22. The van der Waals surface area contributed by atoms with E-state index in [1.807, 2.05) is 50.2 Å². The number of rotatable bonds is 6. The second-order valence-electron chi connectivity index (χ2n) is 7.05. The smallest absolute Gasteiger partial charge is 0.274 e. The van der Waals surface area contributed by atoms with Gasteiger partial charge in [0.2, 0.25) is 0 Å². The highest BCUT2D eigenvalue weighted by Gasteiger charge is 2.14. The van der Waals surface area contributed by atoms with Crippen LogP contribution in [0.25, 0.3) is 0 Å². The molecule has 0 unspecified atom stereocenters. The summed E-state index contributed by atoms with van der Waals surface area (Å²) in [5.74, 6) is 0.574. The van der Waals surface area contributed by atoms with Crippen LogP contribution in [0.5, 0.6) is 5.75 Å². The summed E-state index contributed by atoms with van der Waals surface area (Å²) in [4.78, 5) is 16.7. The number of benzene rings is 1. The van der Waals surface area contributed by atoms with E-state index in [1.54, 1.807) is 6.20 Å². The highest BCUT2D eigenvalue weighted by Crippen LogP contribution is 2.22. The number of pyridine rings is 1. The minimum atomic E-state index is -0.213. The molecule has 26 heavy (non-hydrogen) atoms.